The quantitative estimate of drug-likeness (QED) is 0.470. The number of aliphatic hydroxyl groups excluding tert-OH is 1. The van der Waals surface area contributed by atoms with E-state index in [1.165, 1.54) is 17.0 Å². The van der Waals surface area contributed by atoms with Crippen LogP contribution in [0, 0.1) is 10.1 Å². The van der Waals surface area contributed by atoms with E-state index in [1.54, 1.807) is 13.8 Å². The molecule has 1 aromatic carbocycles. The molecule has 1 rings (SSSR count). The van der Waals surface area contributed by atoms with Gasteiger partial charge in [0.05, 0.1) is 11.5 Å². The van der Waals surface area contributed by atoms with Crippen LogP contribution in [-0.2, 0) is 0 Å². The number of nitro groups is 1. The summed E-state index contributed by atoms with van der Waals surface area (Å²) in [4.78, 5) is 23.8. The van der Waals surface area contributed by atoms with Crippen molar-refractivity contribution in [1.82, 2.24) is 4.90 Å². The van der Waals surface area contributed by atoms with Crippen LogP contribution >= 0.6 is 0 Å². The molecule has 0 atom stereocenters. The Hall–Kier alpha value is -2.15. The van der Waals surface area contributed by atoms with E-state index in [4.69, 9.17) is 10.8 Å². The van der Waals surface area contributed by atoms with Crippen LogP contribution in [0.15, 0.2) is 18.2 Å². The van der Waals surface area contributed by atoms with Crippen LogP contribution in [0.3, 0.4) is 0 Å². The molecule has 0 aliphatic rings. The largest absolute Gasteiger partial charge is 0.395 e. The Labute approximate surface area is 110 Å². The highest BCUT2D eigenvalue weighted by Gasteiger charge is 2.21. The van der Waals surface area contributed by atoms with Gasteiger partial charge in [0, 0.05) is 24.2 Å². The number of nitrogen functional groups attached to an aromatic ring is 1. The molecule has 0 saturated carbocycles. The summed E-state index contributed by atoms with van der Waals surface area (Å²) in [5.74, 6) is -0.368. The maximum absolute atomic E-state index is 12.2. The number of nitrogens with zero attached hydrogens (tertiary/aromatic N) is 2. The first-order chi connectivity index (χ1) is 8.88. The monoisotopic (exact) mass is 267 g/mol. The molecule has 0 unspecified atom stereocenters. The smallest absolute Gasteiger partial charge is 0.292 e. The number of carbonyl (C=O) groups excluding carboxylic acids is 1. The molecule has 104 valence electrons. The van der Waals surface area contributed by atoms with Gasteiger partial charge in [0.1, 0.15) is 5.69 Å². The Bertz CT molecular complexity index is 488. The van der Waals surface area contributed by atoms with Crippen molar-refractivity contribution in [3.8, 4) is 0 Å². The van der Waals surface area contributed by atoms with Gasteiger partial charge in [0.15, 0.2) is 0 Å². The highest BCUT2D eigenvalue weighted by Crippen LogP contribution is 2.23. The first-order valence-electron chi connectivity index (χ1n) is 5.84. The molecule has 3 N–H and O–H groups in total. The lowest BCUT2D eigenvalue weighted by molar-refractivity contribution is -0.383. The van der Waals surface area contributed by atoms with E-state index in [1.807, 2.05) is 0 Å². The van der Waals surface area contributed by atoms with Crippen LogP contribution in [0.1, 0.15) is 24.2 Å². The van der Waals surface area contributed by atoms with Crippen LogP contribution in [0.25, 0.3) is 0 Å². The third-order valence-corrected chi connectivity index (χ3v) is 2.70. The van der Waals surface area contributed by atoms with Crippen molar-refractivity contribution >= 4 is 17.3 Å². The van der Waals surface area contributed by atoms with E-state index < -0.39 is 4.92 Å². The van der Waals surface area contributed by atoms with Gasteiger partial charge in [-0.2, -0.15) is 0 Å². The zero-order chi connectivity index (χ0) is 14.6. The second-order valence-corrected chi connectivity index (χ2v) is 4.35. The lowest BCUT2D eigenvalue weighted by Crippen LogP contribution is -2.39. The van der Waals surface area contributed by atoms with Crippen LogP contribution in [0.4, 0.5) is 11.4 Å². The molecule has 19 heavy (non-hydrogen) atoms. The van der Waals surface area contributed by atoms with Gasteiger partial charge in [-0.1, -0.05) is 0 Å². The molecule has 0 aliphatic carbocycles. The summed E-state index contributed by atoms with van der Waals surface area (Å²) >= 11 is 0. The molecular weight excluding hydrogens is 250 g/mol. The van der Waals surface area contributed by atoms with Crippen molar-refractivity contribution in [2.24, 2.45) is 0 Å². The predicted molar refractivity (Wildman–Crippen MR) is 70.8 cm³/mol. The maximum Gasteiger partial charge on any atom is 0.292 e. The minimum Gasteiger partial charge on any atom is -0.395 e. The minimum atomic E-state index is -0.627. The van der Waals surface area contributed by atoms with Gasteiger partial charge in [-0.05, 0) is 26.0 Å². The number of hydrogen-bond acceptors (Lipinski definition) is 5. The maximum atomic E-state index is 12.2. The average Bonchev–Trinajstić information content (AvgIpc) is 2.35. The van der Waals surface area contributed by atoms with Gasteiger partial charge in [0.25, 0.3) is 11.6 Å². The van der Waals surface area contributed by atoms with Crippen LogP contribution in [0.5, 0.6) is 0 Å². The zero-order valence-corrected chi connectivity index (χ0v) is 10.9. The molecule has 0 fully saturated rings. The number of hydrogen-bond donors (Lipinski definition) is 2. The summed E-state index contributed by atoms with van der Waals surface area (Å²) in [5, 5.41) is 19.7. The number of carbonyl (C=O) groups is 1. The van der Waals surface area contributed by atoms with Crippen molar-refractivity contribution in [2.75, 3.05) is 18.9 Å². The third kappa shape index (κ3) is 3.41. The predicted octanol–water partition coefficient (Wildman–Crippen LogP) is 1.02. The topological polar surface area (TPSA) is 110 Å². The molecule has 0 spiro atoms. The Morgan fingerprint density at radius 1 is 1.53 bits per heavy atom. The zero-order valence-electron chi connectivity index (χ0n) is 10.9. The Morgan fingerprint density at radius 2 is 2.16 bits per heavy atom. The SMILES string of the molecule is CC(C)N(CCO)C(=O)c1ccc(N)c([N+](=O)[O-])c1. The summed E-state index contributed by atoms with van der Waals surface area (Å²) < 4.78 is 0. The molecule has 7 nitrogen and oxygen atoms in total. The molecule has 0 radical (unpaired) electrons. The molecule has 7 heteroatoms. The molecule has 1 amide bonds. The standard InChI is InChI=1S/C12H17N3O4/c1-8(2)14(5-6-16)12(17)9-3-4-10(13)11(7-9)15(18)19/h3-4,7-8,16H,5-6,13H2,1-2H3. The molecular formula is C12H17N3O4. The van der Waals surface area contributed by atoms with Gasteiger partial charge >= 0.3 is 0 Å². The number of anilines is 1. The second kappa shape index (κ2) is 6.14. The van der Waals surface area contributed by atoms with Crippen LogP contribution in [-0.4, -0.2) is 40.0 Å². The minimum absolute atomic E-state index is 0.0137. The van der Waals surface area contributed by atoms with Gasteiger partial charge in [-0.3, -0.25) is 14.9 Å². The van der Waals surface area contributed by atoms with Gasteiger partial charge < -0.3 is 15.7 Å². The second-order valence-electron chi connectivity index (χ2n) is 4.35. The van der Waals surface area contributed by atoms with E-state index in [0.29, 0.717) is 0 Å². The number of amides is 1. The molecule has 0 saturated heterocycles. The fourth-order valence-corrected chi connectivity index (χ4v) is 1.70. The number of nitrogens with two attached hydrogens (primary N) is 1. The molecule has 0 aliphatic heterocycles. The van der Waals surface area contributed by atoms with E-state index in [-0.39, 0.29) is 42.0 Å². The van der Waals surface area contributed by atoms with Gasteiger partial charge in [0.2, 0.25) is 0 Å². The summed E-state index contributed by atoms with van der Waals surface area (Å²) in [5.41, 5.74) is 5.38. The highest BCUT2D eigenvalue weighted by molar-refractivity contribution is 5.95. The number of benzene rings is 1. The number of aliphatic hydroxyl groups is 1. The summed E-state index contributed by atoms with van der Waals surface area (Å²) in [6.45, 7) is 3.62. The van der Waals surface area contributed by atoms with Crippen molar-refractivity contribution in [3.63, 3.8) is 0 Å². The van der Waals surface area contributed by atoms with Gasteiger partial charge in [-0.15, -0.1) is 0 Å². The fourth-order valence-electron chi connectivity index (χ4n) is 1.70. The normalized spacial score (nSPS) is 10.5. The molecule has 1 aromatic rings. The Morgan fingerprint density at radius 3 is 2.63 bits per heavy atom. The van der Waals surface area contributed by atoms with Crippen molar-refractivity contribution in [2.45, 2.75) is 19.9 Å². The Kier molecular flexibility index (Phi) is 4.82. The summed E-state index contributed by atoms with van der Waals surface area (Å²) in [6, 6.07) is 3.82. The van der Waals surface area contributed by atoms with E-state index in [0.717, 1.165) is 6.07 Å². The lowest BCUT2D eigenvalue weighted by Gasteiger charge is -2.25. The summed E-state index contributed by atoms with van der Waals surface area (Å²) in [6.07, 6.45) is 0. The highest BCUT2D eigenvalue weighted by atomic mass is 16.6. The van der Waals surface area contributed by atoms with E-state index in [9.17, 15) is 14.9 Å². The summed E-state index contributed by atoms with van der Waals surface area (Å²) in [7, 11) is 0. The number of rotatable bonds is 5. The van der Waals surface area contributed by atoms with Crippen LogP contribution in [0.2, 0.25) is 0 Å². The average molecular weight is 267 g/mol. The molecule has 0 heterocycles. The fraction of sp³-hybridized carbons (Fsp3) is 0.417. The van der Waals surface area contributed by atoms with Gasteiger partial charge in [-0.25, -0.2) is 0 Å². The van der Waals surface area contributed by atoms with E-state index >= 15 is 0 Å². The van der Waals surface area contributed by atoms with Crippen molar-refractivity contribution in [3.05, 3.63) is 33.9 Å². The molecule has 0 aromatic heterocycles. The van der Waals surface area contributed by atoms with Crippen molar-refractivity contribution < 1.29 is 14.8 Å². The van der Waals surface area contributed by atoms with Crippen LogP contribution < -0.4 is 5.73 Å². The lowest BCUT2D eigenvalue weighted by atomic mass is 10.1. The Balaban J connectivity index is 3.11. The third-order valence-electron chi connectivity index (χ3n) is 2.70. The number of nitro benzene ring substituents is 1. The molecule has 0 bridgehead atoms. The first kappa shape index (κ1) is 14.9. The van der Waals surface area contributed by atoms with Crippen molar-refractivity contribution in [1.29, 1.82) is 0 Å². The van der Waals surface area contributed by atoms with E-state index in [2.05, 4.69) is 0 Å². The first-order valence-corrected chi connectivity index (χ1v) is 5.84.